The highest BCUT2D eigenvalue weighted by Gasteiger charge is 2.09. The van der Waals surface area contributed by atoms with Crippen LogP contribution in [0.4, 0.5) is 4.39 Å². The van der Waals surface area contributed by atoms with Crippen LogP contribution in [0.25, 0.3) is 11.1 Å². The van der Waals surface area contributed by atoms with E-state index in [1.165, 1.54) is 12.1 Å². The first kappa shape index (κ1) is 16.7. The number of aliphatic hydroxyl groups excluding tert-OH is 1. The van der Waals surface area contributed by atoms with E-state index in [9.17, 15) is 14.3 Å². The van der Waals surface area contributed by atoms with E-state index in [4.69, 9.17) is 9.47 Å². The summed E-state index contributed by atoms with van der Waals surface area (Å²) in [5.74, 6) is -0.527. The topological polar surface area (TPSA) is 55.8 Å². The zero-order valence-corrected chi connectivity index (χ0v) is 12.7. The summed E-state index contributed by atoms with van der Waals surface area (Å²) in [6.07, 6.45) is 0.192. The minimum absolute atomic E-state index is 0.0605. The van der Waals surface area contributed by atoms with Crippen molar-refractivity contribution in [3.63, 3.8) is 0 Å². The Hall–Kier alpha value is -2.66. The fourth-order valence-electron chi connectivity index (χ4n) is 1.87. The Morgan fingerprint density at radius 2 is 1.91 bits per heavy atom. The maximum Gasteiger partial charge on any atom is 0.310 e. The van der Waals surface area contributed by atoms with Crippen molar-refractivity contribution in [3.8, 4) is 22.6 Å². The fraction of sp³-hybridized carbons (Fsp3) is 0.167. The molecule has 0 aliphatic carbocycles. The second-order valence-electron chi connectivity index (χ2n) is 4.74. The largest absolute Gasteiger partial charge is 0.458 e. The van der Waals surface area contributed by atoms with Crippen LogP contribution in [-0.4, -0.2) is 17.4 Å². The van der Waals surface area contributed by atoms with Gasteiger partial charge in [0.1, 0.15) is 5.75 Å². The van der Waals surface area contributed by atoms with Gasteiger partial charge >= 0.3 is 5.97 Å². The molecule has 2 aromatic rings. The minimum atomic E-state index is -1.26. The van der Waals surface area contributed by atoms with Gasteiger partial charge in [0.2, 0.25) is 6.29 Å². The Balaban J connectivity index is 2.17. The molecule has 0 saturated carbocycles. The van der Waals surface area contributed by atoms with E-state index in [-0.39, 0.29) is 11.7 Å². The SMILES string of the molecule is C=CC(O)Oc1ccc(-c2ccc(OC(=O)CC)cc2)cc1F. The molecule has 0 saturated heterocycles. The van der Waals surface area contributed by atoms with Gasteiger partial charge in [0.05, 0.1) is 0 Å². The van der Waals surface area contributed by atoms with Crippen molar-refractivity contribution >= 4 is 5.97 Å². The van der Waals surface area contributed by atoms with E-state index in [0.29, 0.717) is 17.7 Å². The summed E-state index contributed by atoms with van der Waals surface area (Å²) < 4.78 is 24.0. The van der Waals surface area contributed by atoms with Crippen molar-refractivity contribution in [2.45, 2.75) is 19.6 Å². The molecule has 2 aromatic carbocycles. The van der Waals surface area contributed by atoms with Gasteiger partial charge in [-0.15, -0.1) is 0 Å². The lowest BCUT2D eigenvalue weighted by molar-refractivity contribution is -0.134. The monoisotopic (exact) mass is 316 g/mol. The van der Waals surface area contributed by atoms with Crippen LogP contribution in [0, 0.1) is 5.82 Å². The third kappa shape index (κ3) is 4.40. The first-order valence-corrected chi connectivity index (χ1v) is 7.11. The zero-order valence-electron chi connectivity index (χ0n) is 12.7. The molecule has 23 heavy (non-hydrogen) atoms. The number of aliphatic hydroxyl groups is 1. The summed E-state index contributed by atoms with van der Waals surface area (Å²) in [6.45, 7) is 5.07. The summed E-state index contributed by atoms with van der Waals surface area (Å²) in [5.41, 5.74) is 1.40. The highest BCUT2D eigenvalue weighted by molar-refractivity contribution is 5.72. The third-order valence-corrected chi connectivity index (χ3v) is 3.09. The van der Waals surface area contributed by atoms with E-state index in [1.807, 2.05) is 0 Å². The van der Waals surface area contributed by atoms with Crippen LogP contribution in [-0.2, 0) is 4.79 Å². The molecule has 1 N–H and O–H groups in total. The van der Waals surface area contributed by atoms with Crippen LogP contribution in [0.2, 0.25) is 0 Å². The lowest BCUT2D eigenvalue weighted by Crippen LogP contribution is -2.12. The number of ether oxygens (including phenoxy) is 2. The predicted octanol–water partition coefficient (Wildman–Crippen LogP) is 3.69. The summed E-state index contributed by atoms with van der Waals surface area (Å²) in [4.78, 5) is 11.2. The van der Waals surface area contributed by atoms with Gasteiger partial charge in [0, 0.05) is 6.42 Å². The lowest BCUT2D eigenvalue weighted by Gasteiger charge is -2.11. The zero-order chi connectivity index (χ0) is 16.8. The molecule has 0 aromatic heterocycles. The van der Waals surface area contributed by atoms with Gasteiger partial charge in [-0.25, -0.2) is 4.39 Å². The number of halogens is 1. The maximum atomic E-state index is 14.0. The summed E-state index contributed by atoms with van der Waals surface area (Å²) >= 11 is 0. The number of rotatable bonds is 6. The van der Waals surface area contributed by atoms with Crippen molar-refractivity contribution in [2.75, 3.05) is 0 Å². The number of hydrogen-bond donors (Lipinski definition) is 1. The molecule has 0 heterocycles. The van der Waals surface area contributed by atoms with Crippen molar-refractivity contribution in [1.29, 1.82) is 0 Å². The van der Waals surface area contributed by atoms with Crippen molar-refractivity contribution in [3.05, 3.63) is 60.9 Å². The Labute approximate surface area is 133 Å². The number of esters is 1. The fourth-order valence-corrected chi connectivity index (χ4v) is 1.87. The molecular formula is C18H17FO4. The maximum absolute atomic E-state index is 14.0. The molecular weight excluding hydrogens is 299 g/mol. The first-order chi connectivity index (χ1) is 11.0. The molecule has 0 aliphatic heterocycles. The normalized spacial score (nSPS) is 11.6. The number of carbonyl (C=O) groups excluding carboxylic acids is 1. The molecule has 0 spiro atoms. The molecule has 1 unspecified atom stereocenters. The van der Waals surface area contributed by atoms with Gasteiger partial charge < -0.3 is 14.6 Å². The molecule has 1 atom stereocenters. The average molecular weight is 316 g/mol. The molecule has 4 nitrogen and oxygen atoms in total. The summed E-state index contributed by atoms with van der Waals surface area (Å²) in [5, 5.41) is 9.30. The molecule has 0 radical (unpaired) electrons. The molecule has 0 amide bonds. The van der Waals surface area contributed by atoms with Gasteiger partial charge in [-0.3, -0.25) is 4.79 Å². The average Bonchev–Trinajstić information content (AvgIpc) is 2.57. The Bertz CT molecular complexity index is 695. The van der Waals surface area contributed by atoms with Crippen LogP contribution in [0.1, 0.15) is 13.3 Å². The van der Waals surface area contributed by atoms with Crippen molar-refractivity contribution in [2.24, 2.45) is 0 Å². The van der Waals surface area contributed by atoms with E-state index in [0.717, 1.165) is 11.6 Å². The minimum Gasteiger partial charge on any atom is -0.458 e. The van der Waals surface area contributed by atoms with Crippen LogP contribution in [0.3, 0.4) is 0 Å². The van der Waals surface area contributed by atoms with Crippen LogP contribution < -0.4 is 9.47 Å². The highest BCUT2D eigenvalue weighted by atomic mass is 19.1. The van der Waals surface area contributed by atoms with Gasteiger partial charge in [-0.05, 0) is 41.5 Å². The van der Waals surface area contributed by atoms with Crippen LogP contribution in [0.15, 0.2) is 55.1 Å². The second kappa shape index (κ2) is 7.56. The van der Waals surface area contributed by atoms with Crippen molar-refractivity contribution in [1.82, 2.24) is 0 Å². The van der Waals surface area contributed by atoms with Crippen molar-refractivity contribution < 1.29 is 23.8 Å². The van der Waals surface area contributed by atoms with Gasteiger partial charge in [0.15, 0.2) is 11.6 Å². The quantitative estimate of drug-likeness (QED) is 0.382. The first-order valence-electron chi connectivity index (χ1n) is 7.11. The van der Waals surface area contributed by atoms with E-state index in [2.05, 4.69) is 6.58 Å². The van der Waals surface area contributed by atoms with E-state index >= 15 is 0 Å². The Kier molecular flexibility index (Phi) is 5.49. The van der Waals surface area contributed by atoms with Crippen LogP contribution in [0.5, 0.6) is 11.5 Å². The molecule has 0 aliphatic rings. The van der Waals surface area contributed by atoms with E-state index in [1.54, 1.807) is 37.3 Å². The summed E-state index contributed by atoms with van der Waals surface area (Å²) in [7, 11) is 0. The lowest BCUT2D eigenvalue weighted by atomic mass is 10.1. The number of hydrogen-bond acceptors (Lipinski definition) is 4. The Morgan fingerprint density at radius 3 is 2.48 bits per heavy atom. The molecule has 2 rings (SSSR count). The number of benzene rings is 2. The molecule has 0 fully saturated rings. The van der Waals surface area contributed by atoms with Crippen LogP contribution >= 0.6 is 0 Å². The van der Waals surface area contributed by atoms with Gasteiger partial charge in [-0.1, -0.05) is 31.7 Å². The number of carbonyl (C=O) groups is 1. The third-order valence-electron chi connectivity index (χ3n) is 3.09. The molecule has 120 valence electrons. The standard InChI is InChI=1S/C18H17FO4/c1-3-17(20)22-14-8-5-12(6-9-14)13-7-10-16(15(19)11-13)23-18(21)4-2/h4-11,18,21H,2-3H2,1H3. The Morgan fingerprint density at radius 1 is 1.26 bits per heavy atom. The highest BCUT2D eigenvalue weighted by Crippen LogP contribution is 2.27. The predicted molar refractivity (Wildman–Crippen MR) is 84.6 cm³/mol. The second-order valence-corrected chi connectivity index (χ2v) is 4.74. The van der Waals surface area contributed by atoms with E-state index < -0.39 is 12.1 Å². The van der Waals surface area contributed by atoms with Gasteiger partial charge in [0.25, 0.3) is 0 Å². The van der Waals surface area contributed by atoms with Gasteiger partial charge in [-0.2, -0.15) is 0 Å². The molecule has 5 heteroatoms. The smallest absolute Gasteiger partial charge is 0.310 e. The summed E-state index contributed by atoms with van der Waals surface area (Å²) in [6, 6.07) is 11.2. The molecule has 0 bridgehead atoms.